The first kappa shape index (κ1) is 19.7. The van der Waals surface area contributed by atoms with Gasteiger partial charge in [-0.15, -0.1) is 0 Å². The molecule has 2 aromatic rings. The van der Waals surface area contributed by atoms with E-state index in [-0.39, 0.29) is 5.91 Å². The highest BCUT2D eigenvalue weighted by atomic mass is 16.5. The fourth-order valence-electron chi connectivity index (χ4n) is 2.99. The molecule has 0 aromatic heterocycles. The first-order valence-electron chi connectivity index (χ1n) is 9.77. The normalized spacial score (nSPS) is 13.5. The number of ether oxygens (including phenoxy) is 1. The molecule has 28 heavy (non-hydrogen) atoms. The second-order valence-corrected chi connectivity index (χ2v) is 6.82. The number of nitrogens with zero attached hydrogens (tertiary/aromatic N) is 1. The molecule has 3 rings (SSSR count). The number of aryl methyl sites for hydroxylation is 2. The summed E-state index contributed by atoms with van der Waals surface area (Å²) in [5.74, 6) is 1.67. The Morgan fingerprint density at radius 2 is 1.96 bits per heavy atom. The van der Waals surface area contributed by atoms with Crippen molar-refractivity contribution in [3.05, 3.63) is 59.2 Å². The van der Waals surface area contributed by atoms with Crippen LogP contribution in [0.4, 0.5) is 5.69 Å². The molecule has 0 spiro atoms. The van der Waals surface area contributed by atoms with Crippen LogP contribution in [0, 0.1) is 6.92 Å². The molecule has 2 aromatic carbocycles. The number of fused-ring (bicyclic) bond motifs is 1. The van der Waals surface area contributed by atoms with Crippen molar-refractivity contribution >= 4 is 17.6 Å². The third-order valence-corrected chi connectivity index (χ3v) is 4.52. The zero-order valence-electron chi connectivity index (χ0n) is 16.5. The van der Waals surface area contributed by atoms with Gasteiger partial charge in [0.05, 0.1) is 13.1 Å². The Morgan fingerprint density at radius 1 is 1.14 bits per heavy atom. The van der Waals surface area contributed by atoms with E-state index in [0.717, 1.165) is 35.9 Å². The zero-order chi connectivity index (χ0) is 19.8. The van der Waals surface area contributed by atoms with E-state index in [1.54, 1.807) is 0 Å². The predicted octanol–water partition coefficient (Wildman–Crippen LogP) is 3.01. The van der Waals surface area contributed by atoms with E-state index in [9.17, 15) is 4.79 Å². The summed E-state index contributed by atoms with van der Waals surface area (Å²) >= 11 is 0. The van der Waals surface area contributed by atoms with Gasteiger partial charge >= 0.3 is 0 Å². The molecule has 1 aliphatic heterocycles. The van der Waals surface area contributed by atoms with Crippen molar-refractivity contribution in [2.75, 3.05) is 25.0 Å². The Kier molecular flexibility index (Phi) is 6.89. The molecule has 148 valence electrons. The maximum atomic E-state index is 11.4. The van der Waals surface area contributed by atoms with Crippen LogP contribution in [0.2, 0.25) is 0 Å². The lowest BCUT2D eigenvalue weighted by Gasteiger charge is -2.18. The number of hydrogen-bond acceptors (Lipinski definition) is 3. The van der Waals surface area contributed by atoms with E-state index >= 15 is 0 Å². The van der Waals surface area contributed by atoms with Crippen LogP contribution in [-0.4, -0.2) is 31.6 Å². The largest absolute Gasteiger partial charge is 0.492 e. The van der Waals surface area contributed by atoms with Crippen LogP contribution in [0.1, 0.15) is 30.0 Å². The average Bonchev–Trinajstić information content (AvgIpc) is 2.70. The minimum absolute atomic E-state index is 0.0752. The standard InChI is InChI=1S/C22H28N4O2/c1-3-23-22(25-15-17-6-4-16(2)5-7-17)24-12-13-28-19-9-10-20-18(14-19)8-11-21(27)26-20/h4-7,9-10,14H,3,8,11-13,15H2,1-2H3,(H,26,27)(H2,23,24,25). The first-order valence-corrected chi connectivity index (χ1v) is 9.77. The van der Waals surface area contributed by atoms with Crippen molar-refractivity contribution in [1.29, 1.82) is 0 Å². The molecule has 0 bridgehead atoms. The molecule has 0 saturated carbocycles. The smallest absolute Gasteiger partial charge is 0.224 e. The molecule has 0 unspecified atom stereocenters. The molecule has 0 aliphatic carbocycles. The molecule has 0 fully saturated rings. The van der Waals surface area contributed by atoms with Crippen molar-refractivity contribution in [2.24, 2.45) is 4.99 Å². The molecule has 6 nitrogen and oxygen atoms in total. The van der Waals surface area contributed by atoms with Crippen LogP contribution in [0.3, 0.4) is 0 Å². The predicted molar refractivity (Wildman–Crippen MR) is 113 cm³/mol. The fraction of sp³-hybridized carbons (Fsp3) is 0.364. The average molecular weight is 380 g/mol. The Balaban J connectivity index is 1.47. The number of carbonyl (C=O) groups excluding carboxylic acids is 1. The van der Waals surface area contributed by atoms with Crippen molar-refractivity contribution in [2.45, 2.75) is 33.2 Å². The van der Waals surface area contributed by atoms with Crippen LogP contribution in [0.15, 0.2) is 47.5 Å². The lowest BCUT2D eigenvalue weighted by molar-refractivity contribution is -0.116. The topological polar surface area (TPSA) is 74.8 Å². The third-order valence-electron chi connectivity index (χ3n) is 4.52. The first-order chi connectivity index (χ1) is 13.6. The second kappa shape index (κ2) is 9.78. The van der Waals surface area contributed by atoms with Gasteiger partial charge in [0.2, 0.25) is 5.91 Å². The number of guanidine groups is 1. The van der Waals surface area contributed by atoms with Gasteiger partial charge in [-0.3, -0.25) is 4.79 Å². The Morgan fingerprint density at radius 3 is 2.75 bits per heavy atom. The fourth-order valence-corrected chi connectivity index (χ4v) is 2.99. The van der Waals surface area contributed by atoms with Gasteiger partial charge in [0, 0.05) is 18.7 Å². The van der Waals surface area contributed by atoms with Gasteiger partial charge in [-0.05, 0) is 49.6 Å². The number of rotatable bonds is 7. The SMILES string of the molecule is CCNC(=NCc1ccc(C)cc1)NCCOc1ccc2c(c1)CCC(=O)N2. The van der Waals surface area contributed by atoms with E-state index in [2.05, 4.69) is 52.1 Å². The van der Waals surface area contributed by atoms with Gasteiger partial charge < -0.3 is 20.7 Å². The molecule has 3 N–H and O–H groups in total. The lowest BCUT2D eigenvalue weighted by Crippen LogP contribution is -2.39. The molecule has 0 radical (unpaired) electrons. The number of anilines is 1. The van der Waals surface area contributed by atoms with Crippen molar-refractivity contribution in [3.63, 3.8) is 0 Å². The highest BCUT2D eigenvalue weighted by molar-refractivity contribution is 5.94. The highest BCUT2D eigenvalue weighted by Gasteiger charge is 2.14. The van der Waals surface area contributed by atoms with Gasteiger partial charge in [-0.2, -0.15) is 0 Å². The lowest BCUT2D eigenvalue weighted by atomic mass is 10.0. The van der Waals surface area contributed by atoms with Crippen LogP contribution in [0.5, 0.6) is 5.75 Å². The summed E-state index contributed by atoms with van der Waals surface area (Å²) in [5.41, 5.74) is 4.44. The summed E-state index contributed by atoms with van der Waals surface area (Å²) in [6.07, 6.45) is 1.29. The highest BCUT2D eigenvalue weighted by Crippen LogP contribution is 2.26. The maximum Gasteiger partial charge on any atom is 0.224 e. The monoisotopic (exact) mass is 380 g/mol. The molecular formula is C22H28N4O2. The number of hydrogen-bond donors (Lipinski definition) is 3. The zero-order valence-corrected chi connectivity index (χ0v) is 16.5. The summed E-state index contributed by atoms with van der Waals surface area (Å²) in [6.45, 7) is 6.74. The van der Waals surface area contributed by atoms with Crippen molar-refractivity contribution < 1.29 is 9.53 Å². The van der Waals surface area contributed by atoms with Gasteiger partial charge in [0.1, 0.15) is 12.4 Å². The Labute approximate surface area is 166 Å². The number of carbonyl (C=O) groups is 1. The van der Waals surface area contributed by atoms with Gasteiger partial charge in [0.25, 0.3) is 0 Å². The van der Waals surface area contributed by atoms with Crippen LogP contribution < -0.4 is 20.7 Å². The minimum Gasteiger partial charge on any atom is -0.492 e. The van der Waals surface area contributed by atoms with E-state index in [1.165, 1.54) is 11.1 Å². The molecule has 0 saturated heterocycles. The minimum atomic E-state index is 0.0752. The molecule has 1 aliphatic rings. The molecular weight excluding hydrogens is 352 g/mol. The van der Waals surface area contributed by atoms with Crippen molar-refractivity contribution in [1.82, 2.24) is 10.6 Å². The van der Waals surface area contributed by atoms with E-state index in [0.29, 0.717) is 26.1 Å². The Bertz CT molecular complexity index is 831. The number of amides is 1. The maximum absolute atomic E-state index is 11.4. The summed E-state index contributed by atoms with van der Waals surface area (Å²) in [6, 6.07) is 14.2. The number of aliphatic imine (C=N–C) groups is 1. The second-order valence-electron chi connectivity index (χ2n) is 6.82. The van der Waals surface area contributed by atoms with Gasteiger partial charge in [-0.1, -0.05) is 29.8 Å². The van der Waals surface area contributed by atoms with E-state index < -0.39 is 0 Å². The van der Waals surface area contributed by atoms with Crippen LogP contribution >= 0.6 is 0 Å². The number of benzene rings is 2. The van der Waals surface area contributed by atoms with Crippen LogP contribution in [-0.2, 0) is 17.8 Å². The molecule has 0 atom stereocenters. The van der Waals surface area contributed by atoms with Gasteiger partial charge in [-0.25, -0.2) is 4.99 Å². The molecule has 6 heteroatoms. The van der Waals surface area contributed by atoms with Crippen LogP contribution in [0.25, 0.3) is 0 Å². The summed E-state index contributed by atoms with van der Waals surface area (Å²) in [5, 5.41) is 9.43. The van der Waals surface area contributed by atoms with Crippen molar-refractivity contribution in [3.8, 4) is 5.75 Å². The molecule has 1 heterocycles. The quantitative estimate of drug-likeness (QED) is 0.392. The van der Waals surface area contributed by atoms with E-state index in [1.807, 2.05) is 25.1 Å². The summed E-state index contributed by atoms with van der Waals surface area (Å²) in [7, 11) is 0. The van der Waals surface area contributed by atoms with E-state index in [4.69, 9.17) is 4.74 Å². The van der Waals surface area contributed by atoms with Gasteiger partial charge in [0.15, 0.2) is 5.96 Å². The third kappa shape index (κ3) is 5.74. The summed E-state index contributed by atoms with van der Waals surface area (Å²) < 4.78 is 5.85. The number of nitrogens with one attached hydrogen (secondary N) is 3. The molecule has 1 amide bonds. The Hall–Kier alpha value is -3.02. The summed E-state index contributed by atoms with van der Waals surface area (Å²) in [4.78, 5) is 16.1.